The van der Waals surface area contributed by atoms with Crippen LogP contribution in [0.5, 0.6) is 0 Å². The van der Waals surface area contributed by atoms with Crippen LogP contribution in [0, 0.1) is 6.92 Å². The molecule has 0 fully saturated rings. The molecule has 0 saturated heterocycles. The molecule has 5 nitrogen and oxygen atoms in total. The Hall–Kier alpha value is -1.72. The van der Waals surface area contributed by atoms with Crippen molar-refractivity contribution in [1.82, 2.24) is 14.5 Å². The first kappa shape index (κ1) is 10.8. The molecule has 0 spiro atoms. The highest BCUT2D eigenvalue weighted by atomic mass is 16.3. The lowest BCUT2D eigenvalue weighted by atomic mass is 10.2. The van der Waals surface area contributed by atoms with Crippen molar-refractivity contribution in [3.63, 3.8) is 0 Å². The van der Waals surface area contributed by atoms with E-state index in [9.17, 15) is 0 Å². The molecule has 0 bridgehead atoms. The summed E-state index contributed by atoms with van der Waals surface area (Å²) in [7, 11) is 0. The van der Waals surface area contributed by atoms with E-state index in [0.717, 1.165) is 17.1 Å². The average molecular weight is 218 g/mol. The van der Waals surface area contributed by atoms with E-state index in [4.69, 9.17) is 10.8 Å². The van der Waals surface area contributed by atoms with Crippen LogP contribution in [-0.4, -0.2) is 26.2 Å². The third-order valence-corrected chi connectivity index (χ3v) is 2.48. The summed E-state index contributed by atoms with van der Waals surface area (Å²) in [5.74, 6) is 0. The van der Waals surface area contributed by atoms with Gasteiger partial charge in [0.15, 0.2) is 0 Å². The molecule has 0 radical (unpaired) electrons. The Morgan fingerprint density at radius 3 is 3.06 bits per heavy atom. The van der Waals surface area contributed by atoms with Crippen molar-refractivity contribution in [2.75, 3.05) is 6.61 Å². The summed E-state index contributed by atoms with van der Waals surface area (Å²) in [5.41, 5.74) is 8.40. The molecular formula is C11H14N4O. The molecule has 5 heteroatoms. The molecule has 2 rings (SSSR count). The molecule has 0 saturated carbocycles. The minimum absolute atomic E-state index is 0.106. The lowest BCUT2D eigenvalue weighted by Crippen LogP contribution is -2.18. The van der Waals surface area contributed by atoms with E-state index in [1.165, 1.54) is 0 Å². The van der Waals surface area contributed by atoms with Gasteiger partial charge in [-0.15, -0.1) is 0 Å². The lowest BCUT2D eigenvalue weighted by molar-refractivity contribution is 0.265. The Bertz CT molecular complexity index is 480. The molecule has 0 aromatic carbocycles. The first-order valence-corrected chi connectivity index (χ1v) is 5.04. The first-order valence-electron chi connectivity index (χ1n) is 5.04. The van der Waals surface area contributed by atoms with Gasteiger partial charge >= 0.3 is 0 Å². The summed E-state index contributed by atoms with van der Waals surface area (Å²) < 4.78 is 1.85. The second kappa shape index (κ2) is 4.42. The van der Waals surface area contributed by atoms with E-state index in [-0.39, 0.29) is 6.61 Å². The fourth-order valence-corrected chi connectivity index (χ4v) is 1.60. The SMILES string of the molecule is Cc1ncccc1-n1cncc1C(N)CO. The molecule has 0 aliphatic heterocycles. The molecular weight excluding hydrogens is 204 g/mol. The van der Waals surface area contributed by atoms with E-state index in [2.05, 4.69) is 9.97 Å². The summed E-state index contributed by atoms with van der Waals surface area (Å²) >= 11 is 0. The Morgan fingerprint density at radius 2 is 2.38 bits per heavy atom. The number of aliphatic hydroxyl groups is 1. The van der Waals surface area contributed by atoms with E-state index >= 15 is 0 Å². The van der Waals surface area contributed by atoms with Crippen LogP contribution in [0.1, 0.15) is 17.4 Å². The van der Waals surface area contributed by atoms with Crippen LogP contribution < -0.4 is 5.73 Å². The number of aliphatic hydroxyl groups excluding tert-OH is 1. The van der Waals surface area contributed by atoms with Gasteiger partial charge in [-0.3, -0.25) is 9.55 Å². The van der Waals surface area contributed by atoms with E-state index in [1.807, 2.05) is 23.6 Å². The van der Waals surface area contributed by atoms with Crippen LogP contribution in [0.4, 0.5) is 0 Å². The maximum Gasteiger partial charge on any atom is 0.0995 e. The van der Waals surface area contributed by atoms with Gasteiger partial charge in [0.2, 0.25) is 0 Å². The summed E-state index contributed by atoms with van der Waals surface area (Å²) in [5, 5.41) is 9.07. The maximum atomic E-state index is 9.07. The van der Waals surface area contributed by atoms with Gasteiger partial charge in [0.1, 0.15) is 0 Å². The zero-order valence-electron chi connectivity index (χ0n) is 9.04. The monoisotopic (exact) mass is 218 g/mol. The number of aryl methyl sites for hydroxylation is 1. The van der Waals surface area contributed by atoms with Crippen molar-refractivity contribution in [2.24, 2.45) is 5.73 Å². The molecule has 2 aromatic rings. The number of nitrogens with two attached hydrogens (primary N) is 1. The van der Waals surface area contributed by atoms with Crippen molar-refractivity contribution in [1.29, 1.82) is 0 Å². The average Bonchev–Trinajstić information content (AvgIpc) is 2.77. The lowest BCUT2D eigenvalue weighted by Gasteiger charge is -2.13. The fraction of sp³-hybridized carbons (Fsp3) is 0.273. The minimum Gasteiger partial charge on any atom is -0.394 e. The Balaban J connectivity index is 2.49. The highest BCUT2D eigenvalue weighted by Gasteiger charge is 2.12. The summed E-state index contributed by atoms with van der Waals surface area (Å²) in [6.07, 6.45) is 5.07. The molecule has 84 valence electrons. The van der Waals surface area contributed by atoms with Crippen molar-refractivity contribution in [3.8, 4) is 5.69 Å². The molecule has 0 aliphatic carbocycles. The van der Waals surface area contributed by atoms with Gasteiger partial charge in [0.05, 0.1) is 42.2 Å². The van der Waals surface area contributed by atoms with E-state index in [1.54, 1.807) is 18.7 Å². The van der Waals surface area contributed by atoms with Crippen LogP contribution in [0.25, 0.3) is 5.69 Å². The minimum atomic E-state index is -0.429. The molecule has 16 heavy (non-hydrogen) atoms. The summed E-state index contributed by atoms with van der Waals surface area (Å²) in [6, 6.07) is 3.37. The van der Waals surface area contributed by atoms with E-state index < -0.39 is 6.04 Å². The highest BCUT2D eigenvalue weighted by Crippen LogP contribution is 2.17. The zero-order chi connectivity index (χ0) is 11.5. The quantitative estimate of drug-likeness (QED) is 0.789. The van der Waals surface area contributed by atoms with Crippen molar-refractivity contribution in [3.05, 3.63) is 42.2 Å². The second-order valence-corrected chi connectivity index (χ2v) is 3.59. The predicted molar refractivity (Wildman–Crippen MR) is 60.1 cm³/mol. The smallest absolute Gasteiger partial charge is 0.0995 e. The molecule has 2 heterocycles. The van der Waals surface area contributed by atoms with Crippen molar-refractivity contribution < 1.29 is 5.11 Å². The molecule has 1 atom stereocenters. The van der Waals surface area contributed by atoms with Gasteiger partial charge in [0, 0.05) is 6.20 Å². The van der Waals surface area contributed by atoms with Crippen molar-refractivity contribution in [2.45, 2.75) is 13.0 Å². The van der Waals surface area contributed by atoms with Crippen LogP contribution in [0.15, 0.2) is 30.9 Å². The summed E-state index contributed by atoms with van der Waals surface area (Å²) in [4.78, 5) is 8.26. The van der Waals surface area contributed by atoms with Crippen LogP contribution in [-0.2, 0) is 0 Å². The van der Waals surface area contributed by atoms with Gasteiger partial charge < -0.3 is 10.8 Å². The molecule has 3 N–H and O–H groups in total. The second-order valence-electron chi connectivity index (χ2n) is 3.59. The number of pyridine rings is 1. The number of rotatable bonds is 3. The van der Waals surface area contributed by atoms with Crippen LogP contribution >= 0.6 is 0 Å². The predicted octanol–water partition coefficient (Wildman–Crippen LogP) is 0.568. The largest absolute Gasteiger partial charge is 0.394 e. The number of nitrogens with zero attached hydrogens (tertiary/aromatic N) is 3. The molecule has 0 amide bonds. The number of hydrogen-bond acceptors (Lipinski definition) is 4. The van der Waals surface area contributed by atoms with Gasteiger partial charge in [-0.05, 0) is 19.1 Å². The number of aromatic nitrogens is 3. The van der Waals surface area contributed by atoms with Crippen molar-refractivity contribution >= 4 is 0 Å². The Kier molecular flexibility index (Phi) is 2.98. The van der Waals surface area contributed by atoms with Gasteiger partial charge in [0.25, 0.3) is 0 Å². The van der Waals surface area contributed by atoms with Gasteiger partial charge in [-0.1, -0.05) is 0 Å². The third kappa shape index (κ3) is 1.82. The van der Waals surface area contributed by atoms with Gasteiger partial charge in [-0.25, -0.2) is 4.98 Å². The van der Waals surface area contributed by atoms with Gasteiger partial charge in [-0.2, -0.15) is 0 Å². The normalized spacial score (nSPS) is 12.7. The Labute approximate surface area is 93.6 Å². The third-order valence-electron chi connectivity index (χ3n) is 2.48. The molecule has 0 aliphatic rings. The topological polar surface area (TPSA) is 77.0 Å². The van der Waals surface area contributed by atoms with Crippen LogP contribution in [0.3, 0.4) is 0 Å². The number of imidazole rings is 1. The van der Waals surface area contributed by atoms with E-state index in [0.29, 0.717) is 0 Å². The Morgan fingerprint density at radius 1 is 1.56 bits per heavy atom. The molecule has 2 aromatic heterocycles. The zero-order valence-corrected chi connectivity index (χ0v) is 9.04. The maximum absolute atomic E-state index is 9.07. The first-order chi connectivity index (χ1) is 7.74. The number of hydrogen-bond donors (Lipinski definition) is 2. The van der Waals surface area contributed by atoms with Crippen LogP contribution in [0.2, 0.25) is 0 Å². The molecule has 1 unspecified atom stereocenters. The summed E-state index contributed by atoms with van der Waals surface area (Å²) in [6.45, 7) is 1.81. The highest BCUT2D eigenvalue weighted by molar-refractivity contribution is 5.37. The fourth-order valence-electron chi connectivity index (χ4n) is 1.60. The standard InChI is InChI=1S/C11H14N4O/c1-8-10(3-2-4-14-8)15-7-13-5-11(15)9(12)6-16/h2-5,7,9,16H,6,12H2,1H3.